The number of hydrogen-bond donors (Lipinski definition) is 1. The zero-order valence-corrected chi connectivity index (χ0v) is 17.2. The van der Waals surface area contributed by atoms with Crippen molar-refractivity contribution in [3.63, 3.8) is 0 Å². The number of aliphatic imine (C=N–C) groups is 1. The minimum Gasteiger partial charge on any atom is -0.356 e. The highest BCUT2D eigenvalue weighted by atomic mass is 127. The molecule has 0 saturated carbocycles. The monoisotopic (exact) mass is 464 g/mol. The first-order chi connectivity index (χ1) is 11.0. The molecule has 2 aromatic rings. The predicted octanol–water partition coefficient (Wildman–Crippen LogP) is 3.69. The minimum absolute atomic E-state index is 0. The van der Waals surface area contributed by atoms with Crippen LogP contribution in [0, 0.1) is 5.82 Å². The van der Waals surface area contributed by atoms with E-state index in [1.165, 1.54) is 11.8 Å². The van der Waals surface area contributed by atoms with Gasteiger partial charge in [0, 0.05) is 50.2 Å². The lowest BCUT2D eigenvalue weighted by Gasteiger charge is -2.22. The number of nitrogens with zero attached hydrogens (tertiary/aromatic N) is 3. The number of guanidine groups is 1. The summed E-state index contributed by atoms with van der Waals surface area (Å²) in [7, 11) is 5.72. The fraction of sp³-hybridized carbons (Fsp3) is 0.353. The third-order valence-corrected chi connectivity index (χ3v) is 4.10. The Labute approximate surface area is 164 Å². The quantitative estimate of drug-likeness (QED) is 0.416. The Hall–Kier alpha value is -1.28. The first-order valence-electron chi connectivity index (χ1n) is 7.47. The highest BCUT2D eigenvalue weighted by Gasteiger charge is 2.10. The highest BCUT2D eigenvalue weighted by molar-refractivity contribution is 14.0. The van der Waals surface area contributed by atoms with Crippen molar-refractivity contribution in [1.82, 2.24) is 14.8 Å². The van der Waals surface area contributed by atoms with Crippen molar-refractivity contribution in [3.05, 3.63) is 58.6 Å². The van der Waals surface area contributed by atoms with Gasteiger partial charge in [0.05, 0.1) is 6.54 Å². The van der Waals surface area contributed by atoms with Crippen LogP contribution in [0.3, 0.4) is 0 Å². The van der Waals surface area contributed by atoms with E-state index in [4.69, 9.17) is 11.6 Å². The molecule has 1 aromatic carbocycles. The standard InChI is InChI=1S/C17H22ClFN4.HI/c1-20-17(23(3)12-13-6-5-11-22(13)2)21-10-9-14-15(18)7-4-8-16(14)19;/h4-8,11H,9-10,12H2,1-3H3,(H,20,21);1H. The smallest absolute Gasteiger partial charge is 0.193 e. The van der Waals surface area contributed by atoms with E-state index >= 15 is 0 Å². The summed E-state index contributed by atoms with van der Waals surface area (Å²) < 4.78 is 15.8. The molecule has 0 aliphatic carbocycles. The maximum Gasteiger partial charge on any atom is 0.193 e. The van der Waals surface area contributed by atoms with Crippen LogP contribution in [-0.4, -0.2) is 36.1 Å². The number of nitrogens with one attached hydrogen (secondary N) is 1. The van der Waals surface area contributed by atoms with Crippen LogP contribution in [0.15, 0.2) is 41.5 Å². The van der Waals surface area contributed by atoms with Gasteiger partial charge in [-0.3, -0.25) is 4.99 Å². The van der Waals surface area contributed by atoms with E-state index < -0.39 is 0 Å². The topological polar surface area (TPSA) is 32.6 Å². The molecule has 0 unspecified atom stereocenters. The molecule has 0 spiro atoms. The van der Waals surface area contributed by atoms with Crippen LogP contribution in [0.4, 0.5) is 4.39 Å². The zero-order valence-electron chi connectivity index (χ0n) is 14.1. The lowest BCUT2D eigenvalue weighted by molar-refractivity contribution is 0.462. The normalized spacial score (nSPS) is 11.1. The first kappa shape index (κ1) is 20.8. The van der Waals surface area contributed by atoms with Gasteiger partial charge < -0.3 is 14.8 Å². The van der Waals surface area contributed by atoms with Gasteiger partial charge in [0.25, 0.3) is 0 Å². The second-order valence-corrected chi connectivity index (χ2v) is 5.80. The largest absolute Gasteiger partial charge is 0.356 e. The molecule has 0 aliphatic rings. The van der Waals surface area contributed by atoms with Crippen LogP contribution in [0.2, 0.25) is 5.02 Å². The van der Waals surface area contributed by atoms with E-state index in [1.807, 2.05) is 31.3 Å². The molecule has 1 aromatic heterocycles. The maximum atomic E-state index is 13.8. The summed E-state index contributed by atoms with van der Waals surface area (Å²) in [4.78, 5) is 6.30. The summed E-state index contributed by atoms with van der Waals surface area (Å²) in [6.45, 7) is 1.30. The van der Waals surface area contributed by atoms with Gasteiger partial charge in [0.2, 0.25) is 0 Å². The summed E-state index contributed by atoms with van der Waals surface area (Å²) in [6, 6.07) is 8.83. The van der Waals surface area contributed by atoms with E-state index in [2.05, 4.69) is 20.9 Å². The second-order valence-electron chi connectivity index (χ2n) is 5.39. The Kier molecular flexibility index (Phi) is 8.55. The molecule has 0 aliphatic heterocycles. The number of rotatable bonds is 5. The summed E-state index contributed by atoms with van der Waals surface area (Å²) in [6.07, 6.45) is 2.52. The molecule has 0 fully saturated rings. The van der Waals surface area contributed by atoms with Gasteiger partial charge in [0.15, 0.2) is 5.96 Å². The van der Waals surface area contributed by atoms with Crippen LogP contribution in [0.5, 0.6) is 0 Å². The van der Waals surface area contributed by atoms with E-state index in [0.717, 1.165) is 12.5 Å². The maximum absolute atomic E-state index is 13.8. The third-order valence-electron chi connectivity index (χ3n) is 3.74. The second kappa shape index (κ2) is 9.88. The van der Waals surface area contributed by atoms with Crippen molar-refractivity contribution in [2.75, 3.05) is 20.6 Å². The average Bonchev–Trinajstić information content (AvgIpc) is 2.91. The Morgan fingerprint density at radius 1 is 1.33 bits per heavy atom. The van der Waals surface area contributed by atoms with Crippen LogP contribution in [0.1, 0.15) is 11.3 Å². The van der Waals surface area contributed by atoms with Gasteiger partial charge in [-0.1, -0.05) is 17.7 Å². The number of hydrogen-bond acceptors (Lipinski definition) is 1. The molecule has 1 heterocycles. The lowest BCUT2D eigenvalue weighted by Crippen LogP contribution is -2.39. The Morgan fingerprint density at radius 3 is 2.67 bits per heavy atom. The van der Waals surface area contributed by atoms with Gasteiger partial charge in [-0.15, -0.1) is 24.0 Å². The SMILES string of the molecule is CN=C(NCCc1c(F)cccc1Cl)N(C)Cc1cccn1C.I. The van der Waals surface area contributed by atoms with Crippen molar-refractivity contribution >= 4 is 41.5 Å². The van der Waals surface area contributed by atoms with E-state index in [9.17, 15) is 4.39 Å². The molecule has 0 atom stereocenters. The Morgan fingerprint density at radius 2 is 2.08 bits per heavy atom. The summed E-state index contributed by atoms with van der Waals surface area (Å²) in [5.74, 6) is 0.491. The molecule has 0 radical (unpaired) electrons. The number of benzene rings is 1. The molecule has 132 valence electrons. The minimum atomic E-state index is -0.272. The Bertz CT molecular complexity index is 667. The molecule has 4 nitrogen and oxygen atoms in total. The van der Waals surface area contributed by atoms with E-state index in [-0.39, 0.29) is 29.8 Å². The van der Waals surface area contributed by atoms with E-state index in [1.54, 1.807) is 19.2 Å². The van der Waals surface area contributed by atoms with Crippen molar-refractivity contribution in [1.29, 1.82) is 0 Å². The molecule has 0 saturated heterocycles. The van der Waals surface area contributed by atoms with Crippen LogP contribution >= 0.6 is 35.6 Å². The van der Waals surface area contributed by atoms with Crippen molar-refractivity contribution in [3.8, 4) is 0 Å². The molecular weight excluding hydrogens is 442 g/mol. The van der Waals surface area contributed by atoms with Gasteiger partial charge in [0.1, 0.15) is 5.82 Å². The van der Waals surface area contributed by atoms with Crippen LogP contribution in [-0.2, 0) is 20.0 Å². The fourth-order valence-corrected chi connectivity index (χ4v) is 2.69. The summed E-state index contributed by atoms with van der Waals surface area (Å²) in [5, 5.41) is 3.70. The molecule has 0 amide bonds. The zero-order chi connectivity index (χ0) is 16.8. The summed E-state index contributed by atoms with van der Waals surface area (Å²) >= 11 is 6.04. The van der Waals surface area contributed by atoms with Crippen molar-refractivity contribution in [2.45, 2.75) is 13.0 Å². The number of aryl methyl sites for hydroxylation is 1. The van der Waals surface area contributed by atoms with E-state index in [0.29, 0.717) is 23.6 Å². The Balaban J connectivity index is 0.00000288. The van der Waals surface area contributed by atoms with Gasteiger partial charge >= 0.3 is 0 Å². The molecule has 7 heteroatoms. The van der Waals surface area contributed by atoms with Gasteiger partial charge in [-0.25, -0.2) is 4.39 Å². The van der Waals surface area contributed by atoms with Crippen molar-refractivity contribution < 1.29 is 4.39 Å². The molecule has 24 heavy (non-hydrogen) atoms. The summed E-state index contributed by atoms with van der Waals surface area (Å²) in [5.41, 5.74) is 1.72. The van der Waals surface area contributed by atoms with Crippen molar-refractivity contribution in [2.24, 2.45) is 12.0 Å². The predicted molar refractivity (Wildman–Crippen MR) is 109 cm³/mol. The third kappa shape index (κ3) is 5.37. The van der Waals surface area contributed by atoms with Crippen LogP contribution < -0.4 is 5.32 Å². The lowest BCUT2D eigenvalue weighted by atomic mass is 10.1. The van der Waals surface area contributed by atoms with Gasteiger partial charge in [-0.05, 0) is 30.7 Å². The molecule has 2 rings (SSSR count). The number of aromatic nitrogens is 1. The first-order valence-corrected chi connectivity index (χ1v) is 7.85. The molecule has 0 bridgehead atoms. The molecular formula is C17H23ClFIN4. The van der Waals surface area contributed by atoms with Crippen LogP contribution in [0.25, 0.3) is 0 Å². The van der Waals surface area contributed by atoms with Gasteiger partial charge in [-0.2, -0.15) is 0 Å². The average molecular weight is 465 g/mol. The fourth-order valence-electron chi connectivity index (χ4n) is 2.43. The highest BCUT2D eigenvalue weighted by Crippen LogP contribution is 2.19. The number of halogens is 3. The molecule has 1 N–H and O–H groups in total.